The maximum Gasteiger partial charge on any atom is 0.293 e. The Labute approximate surface area is 159 Å². The highest BCUT2D eigenvalue weighted by molar-refractivity contribution is 5.92. The Bertz CT molecular complexity index is 1090. The lowest BCUT2D eigenvalue weighted by molar-refractivity contribution is 0.0661. The number of fused-ring (bicyclic) bond motifs is 1. The van der Waals surface area contributed by atoms with E-state index >= 15 is 0 Å². The molecule has 0 N–H and O–H groups in total. The first kappa shape index (κ1) is 16.2. The first-order chi connectivity index (χ1) is 13.8. The van der Waals surface area contributed by atoms with Crippen LogP contribution in [-0.2, 0) is 6.54 Å². The molecular formula is C20H14N4O4. The van der Waals surface area contributed by atoms with Gasteiger partial charge < -0.3 is 18.6 Å². The van der Waals surface area contributed by atoms with E-state index in [-0.39, 0.29) is 11.7 Å². The number of ether oxygens (including phenoxy) is 1. The number of pyridine rings is 1. The highest BCUT2D eigenvalue weighted by atomic mass is 16.5. The number of amides is 1. The van der Waals surface area contributed by atoms with Gasteiger partial charge in [-0.3, -0.25) is 9.78 Å². The van der Waals surface area contributed by atoms with Gasteiger partial charge in [-0.05, 0) is 35.4 Å². The van der Waals surface area contributed by atoms with Crippen LogP contribution in [0.4, 0.5) is 0 Å². The van der Waals surface area contributed by atoms with Crippen molar-refractivity contribution in [1.29, 1.82) is 0 Å². The van der Waals surface area contributed by atoms with Crippen molar-refractivity contribution in [3.63, 3.8) is 0 Å². The number of benzene rings is 1. The molecule has 4 aromatic rings. The van der Waals surface area contributed by atoms with Crippen molar-refractivity contribution in [3.05, 3.63) is 90.2 Å². The predicted octanol–water partition coefficient (Wildman–Crippen LogP) is 3.60. The maximum atomic E-state index is 12.9. The van der Waals surface area contributed by atoms with E-state index in [0.29, 0.717) is 23.8 Å². The lowest BCUT2D eigenvalue weighted by Gasteiger charge is -2.22. The van der Waals surface area contributed by atoms with Gasteiger partial charge in [-0.2, -0.15) is 0 Å². The number of carbonyl (C=O) groups is 1. The third-order valence-corrected chi connectivity index (χ3v) is 4.56. The topological polar surface area (TPSA) is 94.5 Å². The average molecular weight is 374 g/mol. The van der Waals surface area contributed by atoms with Crippen molar-refractivity contribution in [3.8, 4) is 11.5 Å². The molecule has 5 rings (SSSR count). The molecule has 0 bridgehead atoms. The van der Waals surface area contributed by atoms with Gasteiger partial charge in [-0.1, -0.05) is 11.2 Å². The molecule has 1 amide bonds. The number of oxazole rings is 1. The van der Waals surface area contributed by atoms with Crippen LogP contribution < -0.4 is 4.74 Å². The van der Waals surface area contributed by atoms with Gasteiger partial charge in [0, 0.05) is 18.8 Å². The smallest absolute Gasteiger partial charge is 0.293 e. The molecule has 1 atom stereocenters. The molecule has 8 heteroatoms. The Balaban J connectivity index is 1.51. The Hall–Kier alpha value is -3.94. The zero-order valence-electron chi connectivity index (χ0n) is 14.6. The zero-order chi connectivity index (χ0) is 18.9. The Kier molecular flexibility index (Phi) is 3.86. The van der Waals surface area contributed by atoms with Crippen LogP contribution in [0, 0.1) is 0 Å². The largest absolute Gasteiger partial charge is 0.456 e. The van der Waals surface area contributed by atoms with Crippen LogP contribution in [0.3, 0.4) is 0 Å². The summed E-state index contributed by atoms with van der Waals surface area (Å²) >= 11 is 0. The Morgan fingerprint density at radius 3 is 2.82 bits per heavy atom. The molecule has 1 aliphatic rings. The summed E-state index contributed by atoms with van der Waals surface area (Å²) in [7, 11) is 0. The molecule has 0 radical (unpaired) electrons. The van der Waals surface area contributed by atoms with Gasteiger partial charge >= 0.3 is 0 Å². The Morgan fingerprint density at radius 2 is 2.07 bits per heavy atom. The molecule has 0 saturated carbocycles. The summed E-state index contributed by atoms with van der Waals surface area (Å²) in [5.41, 5.74) is 1.90. The molecule has 0 saturated heterocycles. The summed E-state index contributed by atoms with van der Waals surface area (Å²) in [6.07, 6.45) is 7.74. The van der Waals surface area contributed by atoms with Gasteiger partial charge in [0.15, 0.2) is 12.2 Å². The summed E-state index contributed by atoms with van der Waals surface area (Å²) in [4.78, 5) is 22.7. The Morgan fingerprint density at radius 1 is 1.11 bits per heavy atom. The predicted molar refractivity (Wildman–Crippen MR) is 95.5 cm³/mol. The van der Waals surface area contributed by atoms with Crippen molar-refractivity contribution in [2.24, 2.45) is 0 Å². The van der Waals surface area contributed by atoms with Crippen molar-refractivity contribution in [1.82, 2.24) is 20.0 Å². The van der Waals surface area contributed by atoms with Crippen LogP contribution in [0.15, 0.2) is 76.5 Å². The van der Waals surface area contributed by atoms with Gasteiger partial charge in [0.1, 0.15) is 17.5 Å². The second kappa shape index (κ2) is 6.66. The highest BCUT2D eigenvalue weighted by Gasteiger charge is 2.38. The van der Waals surface area contributed by atoms with Crippen molar-refractivity contribution in [2.75, 3.05) is 0 Å². The molecule has 1 unspecified atom stereocenters. The molecule has 3 aromatic heterocycles. The number of carbonyl (C=O) groups excluding carboxylic acids is 1. The molecule has 0 spiro atoms. The number of hydrogen-bond donors (Lipinski definition) is 0. The summed E-state index contributed by atoms with van der Waals surface area (Å²) < 4.78 is 16.4. The monoisotopic (exact) mass is 374 g/mol. The second-order valence-electron chi connectivity index (χ2n) is 6.27. The van der Waals surface area contributed by atoms with E-state index in [0.717, 1.165) is 11.1 Å². The van der Waals surface area contributed by atoms with Crippen LogP contribution in [-0.4, -0.2) is 25.9 Å². The van der Waals surface area contributed by atoms with Gasteiger partial charge in [-0.15, -0.1) is 0 Å². The maximum absolute atomic E-state index is 12.9. The van der Waals surface area contributed by atoms with Crippen LogP contribution >= 0.6 is 0 Å². The molecule has 8 nitrogen and oxygen atoms in total. The molecule has 1 aliphatic heterocycles. The second-order valence-corrected chi connectivity index (χ2v) is 6.27. The van der Waals surface area contributed by atoms with E-state index < -0.39 is 6.04 Å². The van der Waals surface area contributed by atoms with Gasteiger partial charge in [0.05, 0.1) is 18.6 Å². The van der Waals surface area contributed by atoms with Crippen LogP contribution in [0.25, 0.3) is 0 Å². The van der Waals surface area contributed by atoms with Crippen LogP contribution in [0.5, 0.6) is 11.5 Å². The number of rotatable bonds is 4. The number of hydrogen-bond acceptors (Lipinski definition) is 7. The number of nitrogens with zero attached hydrogens (tertiary/aromatic N) is 4. The summed E-state index contributed by atoms with van der Waals surface area (Å²) in [5.74, 6) is 1.78. The molecule has 0 aliphatic carbocycles. The van der Waals surface area contributed by atoms with E-state index in [1.807, 2.05) is 24.3 Å². The van der Waals surface area contributed by atoms with E-state index in [1.165, 1.54) is 12.6 Å². The van der Waals surface area contributed by atoms with E-state index in [1.54, 1.807) is 35.6 Å². The van der Waals surface area contributed by atoms with E-state index in [9.17, 15) is 4.79 Å². The quantitative estimate of drug-likeness (QED) is 0.539. The van der Waals surface area contributed by atoms with Crippen LogP contribution in [0.1, 0.15) is 33.5 Å². The SMILES string of the molecule is O=C(c1ccno1)N1Cc2cc(Oc3cccnc3)ccc2C1c1cnco1. The zero-order valence-corrected chi connectivity index (χ0v) is 14.6. The molecule has 0 fully saturated rings. The molecular weight excluding hydrogens is 360 g/mol. The normalized spacial score (nSPS) is 15.4. The summed E-state index contributed by atoms with van der Waals surface area (Å²) in [6.45, 7) is 0.379. The fourth-order valence-corrected chi connectivity index (χ4v) is 3.36. The van der Waals surface area contributed by atoms with E-state index in [4.69, 9.17) is 13.7 Å². The van der Waals surface area contributed by atoms with Gasteiger partial charge in [0.25, 0.3) is 5.91 Å². The highest BCUT2D eigenvalue weighted by Crippen LogP contribution is 2.41. The van der Waals surface area contributed by atoms with Crippen LogP contribution in [0.2, 0.25) is 0 Å². The summed E-state index contributed by atoms with van der Waals surface area (Å²) in [5, 5.41) is 3.63. The first-order valence-electron chi connectivity index (χ1n) is 8.60. The first-order valence-corrected chi connectivity index (χ1v) is 8.60. The van der Waals surface area contributed by atoms with Gasteiger partial charge in [-0.25, -0.2) is 4.98 Å². The van der Waals surface area contributed by atoms with E-state index in [2.05, 4.69) is 15.1 Å². The van der Waals surface area contributed by atoms with Crippen molar-refractivity contribution in [2.45, 2.75) is 12.6 Å². The molecule has 1 aromatic carbocycles. The fraction of sp³-hybridized carbons (Fsp3) is 0.100. The minimum Gasteiger partial charge on any atom is -0.456 e. The lowest BCUT2D eigenvalue weighted by atomic mass is 10.0. The molecule has 138 valence electrons. The summed E-state index contributed by atoms with van der Waals surface area (Å²) in [6, 6.07) is 10.5. The lowest BCUT2D eigenvalue weighted by Crippen LogP contribution is -2.29. The van der Waals surface area contributed by atoms with Crippen molar-refractivity contribution < 1.29 is 18.5 Å². The minimum atomic E-state index is -0.400. The molecule has 4 heterocycles. The molecule has 28 heavy (non-hydrogen) atoms. The third-order valence-electron chi connectivity index (χ3n) is 4.56. The fourth-order valence-electron chi connectivity index (χ4n) is 3.36. The minimum absolute atomic E-state index is 0.171. The number of aromatic nitrogens is 3. The average Bonchev–Trinajstić information content (AvgIpc) is 3.47. The van der Waals surface area contributed by atoms with Gasteiger partial charge in [0.2, 0.25) is 5.76 Å². The van der Waals surface area contributed by atoms with Crippen molar-refractivity contribution >= 4 is 5.91 Å². The third kappa shape index (κ3) is 2.81. The standard InChI is InChI=1S/C20H14N4O4/c25-20(17-5-7-23-28-17)24-11-13-8-14(27-15-2-1-6-21-9-15)3-4-16(13)19(24)18-10-22-12-26-18/h1-10,12,19H,11H2.